The number of ether oxygens (including phenoxy) is 2. The lowest BCUT2D eigenvalue weighted by Gasteiger charge is -2.03. The molecule has 0 radical (unpaired) electrons. The Morgan fingerprint density at radius 1 is 0.969 bits per heavy atom. The molecule has 0 saturated carbocycles. The molecule has 5 rings (SSSR count). The van der Waals surface area contributed by atoms with Gasteiger partial charge in [-0.1, -0.05) is 58.4 Å². The third-order valence-electron chi connectivity index (χ3n) is 4.87. The predicted molar refractivity (Wildman–Crippen MR) is 124 cm³/mol. The van der Waals surface area contributed by atoms with E-state index in [1.807, 2.05) is 48.5 Å². The van der Waals surface area contributed by atoms with Crippen LogP contribution in [0.3, 0.4) is 0 Å². The maximum atomic E-state index is 12.6. The average Bonchev–Trinajstić information content (AvgIpc) is 3.35. The van der Waals surface area contributed by atoms with Crippen molar-refractivity contribution in [2.75, 3.05) is 0 Å². The summed E-state index contributed by atoms with van der Waals surface area (Å²) in [5.74, 6) is 0.0276. The predicted octanol–water partition coefficient (Wildman–Crippen LogP) is 6.59. The number of rotatable bonds is 4. The number of hydrogen-bond donors (Lipinski definition) is 0. The number of furan rings is 1. The van der Waals surface area contributed by atoms with E-state index in [-0.39, 0.29) is 23.1 Å². The molecule has 0 N–H and O–H groups in total. The summed E-state index contributed by atoms with van der Waals surface area (Å²) in [5, 5.41) is 0.785. The van der Waals surface area contributed by atoms with Crippen LogP contribution < -0.4 is 9.47 Å². The Balaban J connectivity index is 1.32. The highest BCUT2D eigenvalue weighted by atomic mass is 79.9. The lowest BCUT2D eigenvalue weighted by atomic mass is 10.1. The van der Waals surface area contributed by atoms with Crippen molar-refractivity contribution in [2.24, 2.45) is 0 Å². The molecule has 0 saturated heterocycles. The maximum absolute atomic E-state index is 12.6. The second-order valence-corrected chi connectivity index (χ2v) is 7.99. The van der Waals surface area contributed by atoms with Crippen LogP contribution in [0.2, 0.25) is 0 Å². The van der Waals surface area contributed by atoms with Crippen molar-refractivity contribution >= 4 is 44.7 Å². The van der Waals surface area contributed by atoms with E-state index in [9.17, 15) is 9.59 Å². The molecule has 5 nitrogen and oxygen atoms in total. The fraction of sp³-hybridized carbons (Fsp3) is 0. The van der Waals surface area contributed by atoms with Crippen LogP contribution in [-0.4, -0.2) is 11.8 Å². The molecule has 1 aliphatic rings. The number of hydrogen-bond acceptors (Lipinski definition) is 5. The largest absolute Gasteiger partial charge is 0.452 e. The number of benzene rings is 3. The molecule has 1 aromatic heterocycles. The summed E-state index contributed by atoms with van der Waals surface area (Å²) in [6, 6.07) is 21.5. The normalized spacial score (nSPS) is 14.2. The summed E-state index contributed by atoms with van der Waals surface area (Å²) < 4.78 is 17.6. The van der Waals surface area contributed by atoms with Crippen LogP contribution in [0.25, 0.3) is 17.0 Å². The molecule has 0 aliphatic carbocycles. The summed E-state index contributed by atoms with van der Waals surface area (Å²) in [7, 11) is 0. The molecule has 0 amide bonds. The van der Waals surface area contributed by atoms with Crippen molar-refractivity contribution < 1.29 is 23.5 Å². The first-order valence-electron chi connectivity index (χ1n) is 9.78. The minimum Gasteiger partial charge on any atom is -0.452 e. The SMILES string of the molecule is O=C(Oc1ccc2c(c1)O/C(=C\C=C\c1ccccc1)C2=O)c1cc2cc(Br)ccc2o1. The fourth-order valence-corrected chi connectivity index (χ4v) is 3.71. The molecule has 0 bridgehead atoms. The molecule has 0 atom stereocenters. The quantitative estimate of drug-likeness (QED) is 0.185. The van der Waals surface area contributed by atoms with Crippen molar-refractivity contribution in [2.45, 2.75) is 0 Å². The molecule has 0 fully saturated rings. The molecule has 6 heteroatoms. The molecule has 1 aliphatic heterocycles. The Bertz CT molecular complexity index is 1410. The monoisotopic (exact) mass is 486 g/mol. The molecule has 156 valence electrons. The average molecular weight is 487 g/mol. The molecule has 4 aromatic rings. The van der Waals surface area contributed by atoms with Crippen molar-refractivity contribution in [3.8, 4) is 11.5 Å². The zero-order chi connectivity index (χ0) is 22.1. The van der Waals surface area contributed by atoms with Crippen molar-refractivity contribution in [1.82, 2.24) is 0 Å². The van der Waals surface area contributed by atoms with Crippen molar-refractivity contribution in [3.05, 3.63) is 112 Å². The Kier molecular flexibility index (Phi) is 5.21. The number of esters is 1. The summed E-state index contributed by atoms with van der Waals surface area (Å²) in [6.07, 6.45) is 5.26. The van der Waals surface area contributed by atoms with E-state index < -0.39 is 5.97 Å². The second kappa shape index (κ2) is 8.32. The first kappa shape index (κ1) is 20.0. The second-order valence-electron chi connectivity index (χ2n) is 7.07. The van der Waals surface area contributed by atoms with E-state index in [0.29, 0.717) is 16.9 Å². The standard InChI is InChI=1S/C26H15BrO5/c27-18-9-12-21-17(13-18)14-24(31-21)26(29)30-19-10-11-20-23(15-19)32-22(25(20)28)8-4-7-16-5-2-1-3-6-16/h1-15H/b7-4+,22-8-. The van der Waals surface area contributed by atoms with E-state index in [2.05, 4.69) is 15.9 Å². The summed E-state index contributed by atoms with van der Waals surface area (Å²) in [5.41, 5.74) is 2.01. The molecule has 3 aromatic carbocycles. The first-order valence-corrected chi connectivity index (χ1v) is 10.6. The van der Waals surface area contributed by atoms with E-state index in [1.54, 1.807) is 36.4 Å². The van der Waals surface area contributed by atoms with Gasteiger partial charge in [0.2, 0.25) is 11.5 Å². The molecule has 2 heterocycles. The Morgan fingerprint density at radius 2 is 1.81 bits per heavy atom. The van der Waals surface area contributed by atoms with Gasteiger partial charge in [0, 0.05) is 15.9 Å². The molecule has 0 spiro atoms. The van der Waals surface area contributed by atoms with Gasteiger partial charge in [-0.05, 0) is 48.0 Å². The van der Waals surface area contributed by atoms with Crippen LogP contribution in [0, 0.1) is 0 Å². The number of ketones is 1. The highest BCUT2D eigenvalue weighted by Crippen LogP contribution is 2.34. The number of carbonyl (C=O) groups is 2. The van der Waals surface area contributed by atoms with Crippen LogP contribution in [0.15, 0.2) is 99.6 Å². The Hall–Kier alpha value is -3.90. The van der Waals surface area contributed by atoms with Crippen molar-refractivity contribution in [3.63, 3.8) is 0 Å². The van der Waals surface area contributed by atoms with Crippen LogP contribution in [0.1, 0.15) is 26.5 Å². The Labute approximate surface area is 191 Å². The van der Waals surface area contributed by atoms with Gasteiger partial charge in [0.1, 0.15) is 17.1 Å². The third kappa shape index (κ3) is 4.00. The van der Waals surface area contributed by atoms with Gasteiger partial charge in [0.05, 0.1) is 5.56 Å². The number of halogens is 1. The van der Waals surface area contributed by atoms with Crippen LogP contribution in [0.5, 0.6) is 11.5 Å². The first-order chi connectivity index (χ1) is 15.6. The van der Waals surface area contributed by atoms with Gasteiger partial charge in [-0.2, -0.15) is 0 Å². The highest BCUT2D eigenvalue weighted by Gasteiger charge is 2.27. The van der Waals surface area contributed by atoms with Crippen molar-refractivity contribution in [1.29, 1.82) is 0 Å². The molecular weight excluding hydrogens is 472 g/mol. The van der Waals surface area contributed by atoms with E-state index in [4.69, 9.17) is 13.9 Å². The smallest absolute Gasteiger partial charge is 0.379 e. The van der Waals surface area contributed by atoms with Gasteiger partial charge in [-0.25, -0.2) is 4.79 Å². The van der Waals surface area contributed by atoms with Gasteiger partial charge in [0.25, 0.3) is 0 Å². The molecule has 32 heavy (non-hydrogen) atoms. The van der Waals surface area contributed by atoms with Gasteiger partial charge in [0.15, 0.2) is 5.76 Å². The van der Waals surface area contributed by atoms with Gasteiger partial charge in [-0.3, -0.25) is 4.79 Å². The van der Waals surface area contributed by atoms with Gasteiger partial charge < -0.3 is 13.9 Å². The highest BCUT2D eigenvalue weighted by molar-refractivity contribution is 9.10. The molecule has 0 unspecified atom stereocenters. The zero-order valence-corrected chi connectivity index (χ0v) is 18.2. The lowest BCUT2D eigenvalue weighted by Crippen LogP contribution is -2.07. The Morgan fingerprint density at radius 3 is 2.66 bits per heavy atom. The van der Waals surface area contributed by atoms with Gasteiger partial charge >= 0.3 is 5.97 Å². The topological polar surface area (TPSA) is 65.7 Å². The summed E-state index contributed by atoms with van der Waals surface area (Å²) in [4.78, 5) is 25.1. The zero-order valence-electron chi connectivity index (χ0n) is 16.6. The van der Waals surface area contributed by atoms with E-state index in [0.717, 1.165) is 15.4 Å². The minimum absolute atomic E-state index is 0.0854. The third-order valence-corrected chi connectivity index (χ3v) is 5.36. The lowest BCUT2D eigenvalue weighted by molar-refractivity contribution is 0.0703. The van der Waals surface area contributed by atoms with E-state index in [1.165, 1.54) is 6.07 Å². The summed E-state index contributed by atoms with van der Waals surface area (Å²) >= 11 is 3.39. The number of fused-ring (bicyclic) bond motifs is 2. The van der Waals surface area contributed by atoms with Crippen LogP contribution in [-0.2, 0) is 0 Å². The molecular formula is C26H15BrO5. The number of allylic oxidation sites excluding steroid dienone is 3. The van der Waals surface area contributed by atoms with E-state index >= 15 is 0 Å². The van der Waals surface area contributed by atoms with Crippen LogP contribution in [0.4, 0.5) is 0 Å². The number of carbonyl (C=O) groups excluding carboxylic acids is 2. The maximum Gasteiger partial charge on any atom is 0.379 e. The fourth-order valence-electron chi connectivity index (χ4n) is 3.33. The van der Waals surface area contributed by atoms with Crippen LogP contribution >= 0.6 is 15.9 Å². The summed E-state index contributed by atoms with van der Waals surface area (Å²) in [6.45, 7) is 0. The minimum atomic E-state index is -0.636. The van der Waals surface area contributed by atoms with Gasteiger partial charge in [-0.15, -0.1) is 0 Å². The number of Topliss-reactive ketones (excluding diaryl/α,β-unsaturated/α-hetero) is 1.